The van der Waals surface area contributed by atoms with Crippen LogP contribution in [0.4, 0.5) is 0 Å². The smallest absolute Gasteiger partial charge is 0.110 e. The van der Waals surface area contributed by atoms with Gasteiger partial charge in [-0.3, -0.25) is 9.58 Å². The highest BCUT2D eigenvalue weighted by Crippen LogP contribution is 2.21. The van der Waals surface area contributed by atoms with E-state index in [-0.39, 0.29) is 0 Å². The second-order valence-corrected chi connectivity index (χ2v) is 7.54. The molecule has 126 valence electrons. The largest absolute Gasteiger partial charge is 0.385 e. The third-order valence-electron chi connectivity index (χ3n) is 4.21. The van der Waals surface area contributed by atoms with Gasteiger partial charge in [-0.15, -0.1) is 11.3 Å². The summed E-state index contributed by atoms with van der Waals surface area (Å²) in [5.74, 6) is 0. The topological polar surface area (TPSA) is 57.4 Å². The van der Waals surface area contributed by atoms with Crippen LogP contribution >= 0.6 is 11.3 Å². The second kappa shape index (κ2) is 7.09. The van der Waals surface area contributed by atoms with Gasteiger partial charge in [-0.25, -0.2) is 4.98 Å². The van der Waals surface area contributed by atoms with E-state index in [1.165, 1.54) is 16.3 Å². The zero-order valence-corrected chi connectivity index (χ0v) is 14.9. The molecule has 0 saturated carbocycles. The summed E-state index contributed by atoms with van der Waals surface area (Å²) in [4.78, 5) is 10.2. The molecule has 2 aromatic rings. The Labute approximate surface area is 141 Å². The van der Waals surface area contributed by atoms with Crippen molar-refractivity contribution in [3.05, 3.63) is 33.5 Å². The van der Waals surface area contributed by atoms with Gasteiger partial charge >= 0.3 is 0 Å². The van der Waals surface area contributed by atoms with Gasteiger partial charge in [0.05, 0.1) is 22.6 Å². The van der Waals surface area contributed by atoms with E-state index in [1.807, 2.05) is 24.5 Å². The number of aromatic nitrogens is 3. The fraction of sp³-hybridized carbons (Fsp3) is 0.625. The number of rotatable bonds is 5. The number of aliphatic hydroxyl groups is 1. The molecule has 6 nitrogen and oxygen atoms in total. The molecule has 23 heavy (non-hydrogen) atoms. The molecule has 1 aliphatic rings. The average Bonchev–Trinajstić information content (AvgIpc) is 3.01. The van der Waals surface area contributed by atoms with Gasteiger partial charge in [0, 0.05) is 37.6 Å². The molecule has 1 aliphatic heterocycles. The van der Waals surface area contributed by atoms with Gasteiger partial charge < -0.3 is 10.0 Å². The molecule has 0 fully saturated rings. The minimum Gasteiger partial charge on any atom is -0.385 e. The minimum atomic E-state index is -0.529. The Morgan fingerprint density at radius 1 is 1.39 bits per heavy atom. The first-order valence-corrected chi connectivity index (χ1v) is 8.91. The lowest BCUT2D eigenvalue weighted by atomic mass is 10.2. The number of thiazole rings is 1. The molecule has 1 unspecified atom stereocenters. The van der Waals surface area contributed by atoms with Crippen molar-refractivity contribution in [2.45, 2.75) is 39.1 Å². The molecule has 7 heteroatoms. The molecule has 0 aromatic carbocycles. The molecule has 0 bridgehead atoms. The Balaban J connectivity index is 1.72. The first-order valence-electron chi connectivity index (χ1n) is 8.03. The maximum Gasteiger partial charge on any atom is 0.110 e. The number of hydrogen-bond acceptors (Lipinski definition) is 6. The number of likely N-dealkylation sites (N-methyl/N-ethyl adjacent to an activating group) is 1. The quantitative estimate of drug-likeness (QED) is 0.900. The lowest BCUT2D eigenvalue weighted by Crippen LogP contribution is -2.23. The van der Waals surface area contributed by atoms with Crippen molar-refractivity contribution >= 4 is 11.3 Å². The van der Waals surface area contributed by atoms with E-state index in [0.717, 1.165) is 38.3 Å². The molecule has 1 N–H and O–H groups in total. The predicted octanol–water partition coefficient (Wildman–Crippen LogP) is 1.65. The molecule has 0 aliphatic carbocycles. The molecule has 3 rings (SSSR count). The zero-order valence-electron chi connectivity index (χ0n) is 14.1. The van der Waals surface area contributed by atoms with Crippen LogP contribution in [-0.2, 0) is 19.6 Å². The van der Waals surface area contributed by atoms with Gasteiger partial charge in [-0.1, -0.05) is 0 Å². The number of hydrogen-bond donors (Lipinski definition) is 1. The highest BCUT2D eigenvalue weighted by molar-refractivity contribution is 7.09. The van der Waals surface area contributed by atoms with Crippen LogP contribution in [-0.4, -0.2) is 56.9 Å². The Kier molecular flexibility index (Phi) is 5.11. The molecule has 2 aromatic heterocycles. The lowest BCUT2D eigenvalue weighted by molar-refractivity contribution is 0.133. The summed E-state index contributed by atoms with van der Waals surface area (Å²) >= 11 is 1.70. The standard InChI is InChI=1S/C16H25N5OS/c1-12-15(17-11-23-12)9-20-5-4-6-21-13(8-20)7-14(18-21)16(22)10-19(2)3/h7,11,16,22H,4-6,8-10H2,1-3H3. The molecular weight excluding hydrogens is 310 g/mol. The summed E-state index contributed by atoms with van der Waals surface area (Å²) < 4.78 is 2.06. The van der Waals surface area contributed by atoms with E-state index >= 15 is 0 Å². The molecule has 0 spiro atoms. The molecular formula is C16H25N5OS. The second-order valence-electron chi connectivity index (χ2n) is 6.48. The third kappa shape index (κ3) is 3.98. The van der Waals surface area contributed by atoms with Gasteiger partial charge in [0.1, 0.15) is 6.10 Å². The monoisotopic (exact) mass is 335 g/mol. The Bertz CT molecular complexity index is 651. The van der Waals surface area contributed by atoms with E-state index in [9.17, 15) is 5.11 Å². The van der Waals surface area contributed by atoms with Crippen molar-refractivity contribution in [1.29, 1.82) is 0 Å². The van der Waals surface area contributed by atoms with Gasteiger partial charge in [-0.2, -0.15) is 5.10 Å². The van der Waals surface area contributed by atoms with E-state index in [0.29, 0.717) is 6.54 Å². The fourth-order valence-corrected chi connectivity index (χ4v) is 3.57. The Morgan fingerprint density at radius 3 is 2.91 bits per heavy atom. The number of fused-ring (bicyclic) bond motifs is 1. The summed E-state index contributed by atoms with van der Waals surface area (Å²) in [6.07, 6.45) is 0.541. The maximum atomic E-state index is 10.3. The predicted molar refractivity (Wildman–Crippen MR) is 91.3 cm³/mol. The zero-order chi connectivity index (χ0) is 16.4. The van der Waals surface area contributed by atoms with Crippen LogP contribution in [0, 0.1) is 6.92 Å². The fourth-order valence-electron chi connectivity index (χ4n) is 2.98. The van der Waals surface area contributed by atoms with Crippen molar-refractivity contribution in [2.24, 2.45) is 0 Å². The summed E-state index contributed by atoms with van der Waals surface area (Å²) in [5.41, 5.74) is 5.06. The number of aryl methyl sites for hydroxylation is 2. The first-order chi connectivity index (χ1) is 11.0. The number of aliphatic hydroxyl groups excluding tert-OH is 1. The van der Waals surface area contributed by atoms with Gasteiger partial charge in [0.2, 0.25) is 0 Å². The Morgan fingerprint density at radius 2 is 2.22 bits per heavy atom. The van der Waals surface area contributed by atoms with Gasteiger partial charge in [0.25, 0.3) is 0 Å². The molecule has 1 atom stereocenters. The van der Waals surface area contributed by atoms with Crippen LogP contribution in [0.15, 0.2) is 11.6 Å². The van der Waals surface area contributed by atoms with Crippen LogP contribution in [0.3, 0.4) is 0 Å². The van der Waals surface area contributed by atoms with Crippen molar-refractivity contribution in [3.8, 4) is 0 Å². The summed E-state index contributed by atoms with van der Waals surface area (Å²) in [7, 11) is 3.92. The molecule has 3 heterocycles. The van der Waals surface area contributed by atoms with Crippen LogP contribution < -0.4 is 0 Å². The van der Waals surface area contributed by atoms with E-state index in [4.69, 9.17) is 0 Å². The van der Waals surface area contributed by atoms with E-state index in [1.54, 1.807) is 11.3 Å². The van der Waals surface area contributed by atoms with E-state index < -0.39 is 6.10 Å². The van der Waals surface area contributed by atoms with Crippen LogP contribution in [0.2, 0.25) is 0 Å². The highest BCUT2D eigenvalue weighted by Gasteiger charge is 2.21. The van der Waals surface area contributed by atoms with E-state index in [2.05, 4.69) is 32.7 Å². The van der Waals surface area contributed by atoms with Crippen molar-refractivity contribution < 1.29 is 5.11 Å². The first kappa shape index (κ1) is 16.6. The third-order valence-corrected chi connectivity index (χ3v) is 5.01. The van der Waals surface area contributed by atoms with Crippen LogP contribution in [0.25, 0.3) is 0 Å². The van der Waals surface area contributed by atoms with Crippen LogP contribution in [0.1, 0.15) is 34.5 Å². The summed E-state index contributed by atoms with van der Waals surface area (Å²) in [5, 5.41) is 14.9. The van der Waals surface area contributed by atoms with Gasteiger partial charge in [0.15, 0.2) is 0 Å². The summed E-state index contributed by atoms with van der Waals surface area (Å²) in [6, 6.07) is 2.06. The van der Waals surface area contributed by atoms with Crippen molar-refractivity contribution in [3.63, 3.8) is 0 Å². The normalized spacial score (nSPS) is 17.3. The minimum absolute atomic E-state index is 0.529. The highest BCUT2D eigenvalue weighted by atomic mass is 32.1. The molecule has 0 amide bonds. The Hall–Kier alpha value is -1.28. The average molecular weight is 335 g/mol. The maximum absolute atomic E-state index is 10.3. The summed E-state index contributed by atoms with van der Waals surface area (Å²) in [6.45, 7) is 6.43. The van der Waals surface area contributed by atoms with Crippen LogP contribution in [0.5, 0.6) is 0 Å². The van der Waals surface area contributed by atoms with Crippen molar-refractivity contribution in [2.75, 3.05) is 27.2 Å². The van der Waals surface area contributed by atoms with Crippen molar-refractivity contribution in [1.82, 2.24) is 24.6 Å². The van der Waals surface area contributed by atoms with Gasteiger partial charge in [-0.05, 0) is 33.5 Å². The molecule has 0 radical (unpaired) electrons. The lowest BCUT2D eigenvalue weighted by Gasteiger charge is -2.18. The molecule has 0 saturated heterocycles. The SMILES string of the molecule is Cc1scnc1CN1CCCn2nc(C(O)CN(C)C)cc2C1. The number of nitrogens with zero attached hydrogens (tertiary/aromatic N) is 5.